The Hall–Kier alpha value is -3.02. The van der Waals surface area contributed by atoms with E-state index < -0.39 is 0 Å². The van der Waals surface area contributed by atoms with Gasteiger partial charge in [-0.1, -0.05) is 18.2 Å². The third-order valence-electron chi connectivity index (χ3n) is 4.72. The van der Waals surface area contributed by atoms with Crippen LogP contribution in [0, 0.1) is 12.7 Å². The van der Waals surface area contributed by atoms with E-state index in [1.54, 1.807) is 16.8 Å². The zero-order chi connectivity index (χ0) is 18.3. The maximum Gasteiger partial charge on any atom is 0.254 e. The summed E-state index contributed by atoms with van der Waals surface area (Å²) in [6, 6.07) is 12.0. The Morgan fingerprint density at radius 1 is 1.15 bits per heavy atom. The largest absolute Gasteiger partial charge is 0.334 e. The number of fused-ring (bicyclic) bond motifs is 1. The molecule has 4 rings (SSSR count). The lowest BCUT2D eigenvalue weighted by Crippen LogP contribution is -2.24. The van der Waals surface area contributed by atoms with Gasteiger partial charge in [0.1, 0.15) is 11.5 Å². The van der Waals surface area contributed by atoms with Gasteiger partial charge in [0.15, 0.2) is 0 Å². The van der Waals surface area contributed by atoms with Crippen molar-refractivity contribution in [3.05, 3.63) is 65.1 Å². The highest BCUT2D eigenvalue weighted by atomic mass is 19.1. The fraction of sp³-hybridized carbons (Fsp3) is 0.250. The summed E-state index contributed by atoms with van der Waals surface area (Å²) >= 11 is 0. The topological polar surface area (TPSA) is 51.0 Å². The second-order valence-corrected chi connectivity index (χ2v) is 6.51. The van der Waals surface area contributed by atoms with Crippen LogP contribution < -0.4 is 0 Å². The van der Waals surface area contributed by atoms with Crippen LogP contribution in [-0.4, -0.2) is 32.3 Å². The van der Waals surface area contributed by atoms with Crippen molar-refractivity contribution in [1.82, 2.24) is 19.9 Å². The van der Waals surface area contributed by atoms with E-state index in [1.807, 2.05) is 30.0 Å². The smallest absolute Gasteiger partial charge is 0.254 e. The Bertz CT molecular complexity index is 978. The SMILES string of the molecule is CCCN1Cc2cc(-c3nnn(-c4ccc(F)cc4)c3C)ccc2C1=O. The van der Waals surface area contributed by atoms with E-state index in [9.17, 15) is 9.18 Å². The minimum absolute atomic E-state index is 0.0973. The lowest BCUT2D eigenvalue weighted by Gasteiger charge is -2.13. The van der Waals surface area contributed by atoms with E-state index in [4.69, 9.17) is 0 Å². The Morgan fingerprint density at radius 3 is 2.65 bits per heavy atom. The van der Waals surface area contributed by atoms with Crippen molar-refractivity contribution in [3.8, 4) is 16.9 Å². The monoisotopic (exact) mass is 350 g/mol. The standard InChI is InChI=1S/C20H19FN4O/c1-3-10-24-12-15-11-14(4-9-18(15)20(24)26)19-13(2)25(23-22-19)17-7-5-16(21)6-8-17/h4-9,11H,3,10,12H2,1-2H3. The summed E-state index contributed by atoms with van der Waals surface area (Å²) in [5.74, 6) is -0.188. The summed E-state index contributed by atoms with van der Waals surface area (Å²) in [6.07, 6.45) is 0.942. The zero-order valence-electron chi connectivity index (χ0n) is 14.7. The predicted molar refractivity (Wildman–Crippen MR) is 96.5 cm³/mol. The molecule has 0 saturated carbocycles. The van der Waals surface area contributed by atoms with Gasteiger partial charge < -0.3 is 4.90 Å². The number of hydrogen-bond donors (Lipinski definition) is 0. The number of aromatic nitrogens is 3. The highest BCUT2D eigenvalue weighted by molar-refractivity contribution is 5.99. The van der Waals surface area contributed by atoms with Crippen molar-refractivity contribution in [3.63, 3.8) is 0 Å². The first-order chi connectivity index (χ1) is 12.6. The number of carbonyl (C=O) groups is 1. The molecule has 0 atom stereocenters. The van der Waals surface area contributed by atoms with Crippen LogP contribution in [0.4, 0.5) is 4.39 Å². The van der Waals surface area contributed by atoms with E-state index in [1.165, 1.54) is 12.1 Å². The summed E-state index contributed by atoms with van der Waals surface area (Å²) in [4.78, 5) is 14.3. The fourth-order valence-corrected chi connectivity index (χ4v) is 3.40. The van der Waals surface area contributed by atoms with Crippen LogP contribution in [-0.2, 0) is 6.54 Å². The maximum absolute atomic E-state index is 13.1. The van der Waals surface area contributed by atoms with E-state index in [0.29, 0.717) is 6.54 Å². The molecule has 26 heavy (non-hydrogen) atoms. The molecule has 5 nitrogen and oxygen atoms in total. The average Bonchev–Trinajstić information content (AvgIpc) is 3.16. The molecule has 2 heterocycles. The Labute approximate surface area is 151 Å². The van der Waals surface area contributed by atoms with Gasteiger partial charge in [-0.2, -0.15) is 0 Å². The van der Waals surface area contributed by atoms with Crippen molar-refractivity contribution >= 4 is 5.91 Å². The second kappa shape index (κ2) is 6.37. The molecule has 0 fully saturated rings. The first-order valence-corrected chi connectivity index (χ1v) is 8.69. The number of nitrogens with zero attached hydrogens (tertiary/aromatic N) is 4. The van der Waals surface area contributed by atoms with Crippen LogP contribution in [0.25, 0.3) is 16.9 Å². The molecule has 0 aliphatic carbocycles. The van der Waals surface area contributed by atoms with Gasteiger partial charge in [-0.25, -0.2) is 9.07 Å². The highest BCUT2D eigenvalue weighted by Gasteiger charge is 2.27. The molecule has 0 unspecified atom stereocenters. The molecule has 0 bridgehead atoms. The number of carbonyl (C=O) groups excluding carboxylic acids is 1. The first-order valence-electron chi connectivity index (χ1n) is 8.69. The van der Waals surface area contributed by atoms with Gasteiger partial charge >= 0.3 is 0 Å². The van der Waals surface area contributed by atoms with Gasteiger partial charge in [0.05, 0.1) is 11.4 Å². The van der Waals surface area contributed by atoms with Gasteiger partial charge in [0, 0.05) is 24.2 Å². The van der Waals surface area contributed by atoms with Crippen LogP contribution in [0.2, 0.25) is 0 Å². The summed E-state index contributed by atoms with van der Waals surface area (Å²) in [5.41, 5.74) is 5.11. The molecular formula is C20H19FN4O. The van der Waals surface area contributed by atoms with E-state index in [0.717, 1.165) is 46.7 Å². The van der Waals surface area contributed by atoms with Crippen LogP contribution in [0.15, 0.2) is 42.5 Å². The third-order valence-corrected chi connectivity index (χ3v) is 4.72. The molecule has 3 aromatic rings. The van der Waals surface area contributed by atoms with Gasteiger partial charge in [0.2, 0.25) is 0 Å². The number of hydrogen-bond acceptors (Lipinski definition) is 3. The quantitative estimate of drug-likeness (QED) is 0.720. The van der Waals surface area contributed by atoms with Gasteiger partial charge in [-0.3, -0.25) is 4.79 Å². The molecule has 0 radical (unpaired) electrons. The van der Waals surface area contributed by atoms with E-state index in [2.05, 4.69) is 17.2 Å². The van der Waals surface area contributed by atoms with Gasteiger partial charge in [-0.05, 0) is 55.3 Å². The number of halogens is 1. The maximum atomic E-state index is 13.1. The Balaban J connectivity index is 1.69. The number of benzene rings is 2. The second-order valence-electron chi connectivity index (χ2n) is 6.51. The predicted octanol–water partition coefficient (Wildman–Crippen LogP) is 3.75. The number of amides is 1. The van der Waals surface area contributed by atoms with Gasteiger partial charge in [-0.15, -0.1) is 5.10 Å². The summed E-state index contributed by atoms with van der Waals surface area (Å²) in [6.45, 7) is 5.41. The molecular weight excluding hydrogens is 331 g/mol. The lowest BCUT2D eigenvalue weighted by atomic mass is 10.0. The molecule has 2 aromatic carbocycles. The molecule has 1 aliphatic rings. The molecule has 6 heteroatoms. The molecule has 0 N–H and O–H groups in total. The van der Waals surface area contributed by atoms with Crippen LogP contribution in [0.1, 0.15) is 35.0 Å². The molecule has 132 valence electrons. The van der Waals surface area contributed by atoms with Crippen LogP contribution >= 0.6 is 0 Å². The molecule has 1 amide bonds. The van der Waals surface area contributed by atoms with Crippen molar-refractivity contribution < 1.29 is 9.18 Å². The van der Waals surface area contributed by atoms with Crippen LogP contribution in [0.3, 0.4) is 0 Å². The Kier molecular flexibility index (Phi) is 4.03. The van der Waals surface area contributed by atoms with Crippen molar-refractivity contribution in [1.29, 1.82) is 0 Å². The summed E-state index contributed by atoms with van der Waals surface area (Å²) < 4.78 is 14.8. The van der Waals surface area contributed by atoms with Gasteiger partial charge in [0.25, 0.3) is 5.91 Å². The zero-order valence-corrected chi connectivity index (χ0v) is 14.7. The summed E-state index contributed by atoms with van der Waals surface area (Å²) in [5, 5.41) is 8.52. The molecule has 1 aromatic heterocycles. The van der Waals surface area contributed by atoms with E-state index >= 15 is 0 Å². The number of rotatable bonds is 4. The average molecular weight is 350 g/mol. The van der Waals surface area contributed by atoms with Crippen molar-refractivity contribution in [2.75, 3.05) is 6.54 Å². The van der Waals surface area contributed by atoms with Crippen molar-refractivity contribution in [2.45, 2.75) is 26.8 Å². The summed E-state index contributed by atoms with van der Waals surface area (Å²) in [7, 11) is 0. The Morgan fingerprint density at radius 2 is 1.92 bits per heavy atom. The minimum atomic E-state index is -0.285. The van der Waals surface area contributed by atoms with Crippen LogP contribution in [0.5, 0.6) is 0 Å². The molecule has 0 saturated heterocycles. The minimum Gasteiger partial charge on any atom is -0.334 e. The third kappa shape index (κ3) is 2.67. The molecule has 1 aliphatic heterocycles. The first kappa shape index (κ1) is 16.4. The fourth-order valence-electron chi connectivity index (χ4n) is 3.40. The lowest BCUT2D eigenvalue weighted by molar-refractivity contribution is 0.0778. The molecule has 0 spiro atoms. The normalized spacial score (nSPS) is 13.3. The van der Waals surface area contributed by atoms with Crippen molar-refractivity contribution in [2.24, 2.45) is 0 Å². The highest BCUT2D eigenvalue weighted by Crippen LogP contribution is 2.29. The van der Waals surface area contributed by atoms with E-state index in [-0.39, 0.29) is 11.7 Å².